The van der Waals surface area contributed by atoms with Crippen molar-refractivity contribution in [1.29, 1.82) is 0 Å². The van der Waals surface area contributed by atoms with E-state index in [1.807, 2.05) is 107 Å². The van der Waals surface area contributed by atoms with E-state index in [1.54, 1.807) is 0 Å². The van der Waals surface area contributed by atoms with Gasteiger partial charge >= 0.3 is 0 Å². The van der Waals surface area contributed by atoms with Gasteiger partial charge < -0.3 is 0 Å². The third-order valence-corrected chi connectivity index (χ3v) is 8.06. The lowest BCUT2D eigenvalue weighted by Crippen LogP contribution is -1.89. The topological polar surface area (TPSA) is 0 Å². The lowest BCUT2D eigenvalue weighted by molar-refractivity contribution is 1.29. The van der Waals surface area contributed by atoms with E-state index in [0.717, 1.165) is 11.1 Å². The van der Waals surface area contributed by atoms with Gasteiger partial charge in [0.2, 0.25) is 0 Å². The summed E-state index contributed by atoms with van der Waals surface area (Å²) in [6.45, 7) is 52.3. The van der Waals surface area contributed by atoms with Crippen LogP contribution in [0.1, 0.15) is 147 Å². The molecule has 0 aromatic heterocycles. The summed E-state index contributed by atoms with van der Waals surface area (Å²) in [6.07, 6.45) is 13.0. The lowest BCUT2D eigenvalue weighted by Gasteiger charge is -2.10. The van der Waals surface area contributed by atoms with Crippen LogP contribution in [-0.2, 0) is 0 Å². The molecule has 0 saturated heterocycles. The molecule has 0 N–H and O–H groups in total. The minimum atomic E-state index is 1.09. The predicted molar refractivity (Wildman–Crippen MR) is 293 cm³/mol. The molecule has 0 aliphatic carbocycles. The van der Waals surface area contributed by atoms with Gasteiger partial charge in [0.1, 0.15) is 0 Å². The molecular formula is C62H88. The first kappa shape index (κ1) is 62.9. The molecule has 0 unspecified atom stereocenters. The second kappa shape index (κ2) is 42.0. The Hall–Kier alpha value is -5.72. The van der Waals surface area contributed by atoms with Gasteiger partial charge in [0, 0.05) is 0 Å². The maximum atomic E-state index is 4.27. The minimum Gasteiger partial charge on any atom is -0.100 e. The summed E-state index contributed by atoms with van der Waals surface area (Å²) >= 11 is 0. The quantitative estimate of drug-likeness (QED) is 0.110. The zero-order chi connectivity index (χ0) is 48.5. The molecule has 0 atom stereocenters. The molecule has 336 valence electrons. The van der Waals surface area contributed by atoms with E-state index in [9.17, 15) is 0 Å². The fourth-order valence-electron chi connectivity index (χ4n) is 4.66. The van der Waals surface area contributed by atoms with Crippen molar-refractivity contribution in [2.24, 2.45) is 0 Å². The average molecular weight is 833 g/mol. The smallest absolute Gasteiger partial charge is 0.0254 e. The summed E-state index contributed by atoms with van der Waals surface area (Å²) in [5.74, 6) is 0. The van der Waals surface area contributed by atoms with Crippen LogP contribution in [-0.4, -0.2) is 0 Å². The highest BCUT2D eigenvalue weighted by atomic mass is 14.1. The third kappa shape index (κ3) is 33.1. The maximum Gasteiger partial charge on any atom is -0.0254 e. The molecule has 62 heavy (non-hydrogen) atoms. The fraction of sp³-hybridized carbons (Fsp3) is 0.290. The van der Waals surface area contributed by atoms with Gasteiger partial charge in [-0.15, -0.1) is 13.2 Å². The Kier molecular flexibility index (Phi) is 42.6. The largest absolute Gasteiger partial charge is 0.100 e. The van der Waals surface area contributed by atoms with Gasteiger partial charge in [0.25, 0.3) is 0 Å². The molecule has 0 nitrogen and oxygen atoms in total. The van der Waals surface area contributed by atoms with Crippen molar-refractivity contribution in [2.75, 3.05) is 0 Å². The van der Waals surface area contributed by atoms with E-state index in [2.05, 4.69) is 201 Å². The van der Waals surface area contributed by atoms with Crippen molar-refractivity contribution >= 4 is 24.3 Å². The first-order valence-corrected chi connectivity index (χ1v) is 22.5. The van der Waals surface area contributed by atoms with Crippen LogP contribution in [0.25, 0.3) is 24.3 Å². The van der Waals surface area contributed by atoms with Crippen LogP contribution in [0.15, 0.2) is 216 Å². The molecule has 0 bridgehead atoms. The fourth-order valence-corrected chi connectivity index (χ4v) is 4.66. The van der Waals surface area contributed by atoms with Crippen molar-refractivity contribution in [3.05, 3.63) is 238 Å². The second-order valence-electron chi connectivity index (χ2n) is 14.0. The maximum absolute atomic E-state index is 4.27. The number of hydrogen-bond acceptors (Lipinski definition) is 0. The van der Waals surface area contributed by atoms with E-state index < -0.39 is 0 Å². The SMILES string of the molecule is C=C(C(C)=C(C)/C=C/c1ccccc1)/C(C)=C/c1ccccc1.C=C(C(C)=C(C)/C=C/c1ccccc1)/C(C)=C/c1ccccc1.C=C(C)C.C=C(C)C.CC.CC.CC.CC. The summed E-state index contributed by atoms with van der Waals surface area (Å²) in [6, 6.07) is 41.4. The molecule has 0 aliphatic heterocycles. The Morgan fingerprint density at radius 1 is 0.323 bits per heavy atom. The van der Waals surface area contributed by atoms with Crippen molar-refractivity contribution in [1.82, 2.24) is 0 Å². The van der Waals surface area contributed by atoms with Crippen LogP contribution in [0.4, 0.5) is 0 Å². The van der Waals surface area contributed by atoms with E-state index >= 15 is 0 Å². The second-order valence-corrected chi connectivity index (χ2v) is 14.0. The molecule has 0 radical (unpaired) electrons. The van der Waals surface area contributed by atoms with Crippen LogP contribution in [0, 0.1) is 0 Å². The van der Waals surface area contributed by atoms with Crippen LogP contribution in [0.3, 0.4) is 0 Å². The number of hydrogen-bond donors (Lipinski definition) is 0. The van der Waals surface area contributed by atoms with Crippen LogP contribution in [0.5, 0.6) is 0 Å². The van der Waals surface area contributed by atoms with Gasteiger partial charge in [-0.1, -0.05) is 237 Å². The van der Waals surface area contributed by atoms with Gasteiger partial charge in [0.15, 0.2) is 0 Å². The summed E-state index contributed by atoms with van der Waals surface area (Å²) in [4.78, 5) is 0. The van der Waals surface area contributed by atoms with E-state index in [1.165, 1.54) is 66.8 Å². The molecule has 0 spiro atoms. The Labute approximate surface area is 385 Å². The standard InChI is InChI=1S/2C23H24.2C4H8.4C2H6/c2*1-18(15-16-22-11-7-5-8-12-22)20(3)21(4)19(2)17-23-13-9-6-10-14-23;2*1-4(2)3;4*1-2/h2*5-17H,4H2,1-3H3;2*1H2,2-3H3;4*1-2H3/b2*16-15+,19-17+,20-18?;;;;;;. The molecule has 4 aromatic rings. The monoisotopic (exact) mass is 833 g/mol. The zero-order valence-corrected chi connectivity index (χ0v) is 42.8. The van der Waals surface area contributed by atoms with E-state index in [-0.39, 0.29) is 0 Å². The van der Waals surface area contributed by atoms with Gasteiger partial charge in [-0.05, 0) is 136 Å². The first-order valence-electron chi connectivity index (χ1n) is 22.5. The molecule has 4 aromatic carbocycles. The molecule has 0 saturated carbocycles. The average Bonchev–Trinajstić information content (AvgIpc) is 3.30. The third-order valence-electron chi connectivity index (χ3n) is 8.06. The summed E-state index contributed by atoms with van der Waals surface area (Å²) < 4.78 is 0. The summed E-state index contributed by atoms with van der Waals surface area (Å²) in [5, 5.41) is 0. The molecule has 0 aliphatic rings. The highest BCUT2D eigenvalue weighted by Gasteiger charge is 2.04. The van der Waals surface area contributed by atoms with Gasteiger partial charge in [-0.3, -0.25) is 0 Å². The van der Waals surface area contributed by atoms with Crippen LogP contribution < -0.4 is 0 Å². The Balaban J connectivity index is -0.000000406. The molecular weight excluding hydrogens is 745 g/mol. The van der Waals surface area contributed by atoms with Crippen LogP contribution in [0.2, 0.25) is 0 Å². The van der Waals surface area contributed by atoms with E-state index in [0.29, 0.717) is 0 Å². The van der Waals surface area contributed by atoms with Crippen LogP contribution >= 0.6 is 0 Å². The highest BCUT2D eigenvalue weighted by Crippen LogP contribution is 2.24. The lowest BCUT2D eigenvalue weighted by atomic mass is 9.96. The normalized spacial score (nSPS) is 10.9. The summed E-state index contributed by atoms with van der Waals surface area (Å²) in [7, 11) is 0. The number of rotatable bonds is 10. The molecule has 4 rings (SSSR count). The Bertz CT molecular complexity index is 1800. The highest BCUT2D eigenvalue weighted by molar-refractivity contribution is 5.64. The Morgan fingerprint density at radius 3 is 0.726 bits per heavy atom. The minimum absolute atomic E-state index is 1.09. The molecule has 0 heteroatoms. The molecule has 0 fully saturated rings. The Morgan fingerprint density at radius 2 is 0.516 bits per heavy atom. The summed E-state index contributed by atoms with van der Waals surface area (Å²) in [5.41, 5.74) is 16.6. The van der Waals surface area contributed by atoms with Gasteiger partial charge in [-0.25, -0.2) is 0 Å². The zero-order valence-electron chi connectivity index (χ0n) is 42.8. The number of benzene rings is 4. The van der Waals surface area contributed by atoms with Crippen molar-refractivity contribution in [3.63, 3.8) is 0 Å². The van der Waals surface area contributed by atoms with Crippen molar-refractivity contribution in [3.8, 4) is 0 Å². The predicted octanol–water partition coefficient (Wildman–Crippen LogP) is 20.7. The molecule has 0 amide bonds. The van der Waals surface area contributed by atoms with Gasteiger partial charge in [0.05, 0.1) is 0 Å². The van der Waals surface area contributed by atoms with Gasteiger partial charge in [-0.2, -0.15) is 0 Å². The molecule has 0 heterocycles. The van der Waals surface area contributed by atoms with E-state index in [4.69, 9.17) is 0 Å². The van der Waals surface area contributed by atoms with Crippen molar-refractivity contribution < 1.29 is 0 Å². The van der Waals surface area contributed by atoms with Crippen molar-refractivity contribution in [2.45, 2.75) is 125 Å². The number of allylic oxidation sites excluding steroid dienone is 12. The first-order chi connectivity index (χ1) is 29.6.